The Kier molecular flexibility index (Phi) is 4.21. The van der Waals surface area contributed by atoms with Gasteiger partial charge in [-0.3, -0.25) is 10.1 Å². The van der Waals surface area contributed by atoms with Crippen LogP contribution in [0.1, 0.15) is 29.7 Å². The number of nitro groups is 1. The molecule has 0 fully saturated rings. The summed E-state index contributed by atoms with van der Waals surface area (Å²) in [4.78, 5) is 10.6. The summed E-state index contributed by atoms with van der Waals surface area (Å²) in [7, 11) is 0. The highest BCUT2D eigenvalue weighted by Gasteiger charge is 2.15. The van der Waals surface area contributed by atoms with Gasteiger partial charge in [-0.15, -0.1) is 0 Å². The number of anilines is 1. The Balaban J connectivity index is 2.28. The summed E-state index contributed by atoms with van der Waals surface area (Å²) >= 11 is 0. The van der Waals surface area contributed by atoms with Crippen molar-refractivity contribution in [3.8, 4) is 0 Å². The lowest BCUT2D eigenvalue weighted by Gasteiger charge is -2.18. The molecule has 0 heterocycles. The van der Waals surface area contributed by atoms with Gasteiger partial charge in [0.05, 0.1) is 4.92 Å². The summed E-state index contributed by atoms with van der Waals surface area (Å²) < 4.78 is 12.9. The van der Waals surface area contributed by atoms with Crippen LogP contribution in [0.2, 0.25) is 0 Å². The fraction of sp³-hybridized carbons (Fsp3) is 0.250. The number of hydrogen-bond donors (Lipinski definition) is 1. The summed E-state index contributed by atoms with van der Waals surface area (Å²) in [5.41, 5.74) is 3.29. The Labute approximate surface area is 122 Å². The topological polar surface area (TPSA) is 55.2 Å². The lowest BCUT2D eigenvalue weighted by Crippen LogP contribution is -2.08. The molecule has 4 nitrogen and oxygen atoms in total. The normalized spacial score (nSPS) is 12.0. The molecule has 0 aromatic heterocycles. The van der Waals surface area contributed by atoms with Crippen LogP contribution in [0.25, 0.3) is 0 Å². The van der Waals surface area contributed by atoms with Gasteiger partial charge in [-0.1, -0.05) is 12.1 Å². The van der Waals surface area contributed by atoms with E-state index in [-0.39, 0.29) is 22.5 Å². The Hall–Kier alpha value is -2.43. The summed E-state index contributed by atoms with van der Waals surface area (Å²) in [5.74, 6) is -0.284. The van der Waals surface area contributed by atoms with Crippen LogP contribution < -0.4 is 5.32 Å². The standard InChI is InChI=1S/C16H17FN2O2/c1-10-8-11(2)16(19(20)21)9-15(10)18-12(3)13-4-6-14(17)7-5-13/h4-9,12,18H,1-3H3. The van der Waals surface area contributed by atoms with Crippen molar-refractivity contribution in [2.24, 2.45) is 0 Å². The van der Waals surface area contributed by atoms with Crippen LogP contribution in [0.4, 0.5) is 15.8 Å². The molecule has 2 aromatic rings. The molecule has 0 aliphatic carbocycles. The lowest BCUT2D eigenvalue weighted by molar-refractivity contribution is -0.385. The smallest absolute Gasteiger partial charge is 0.274 e. The first-order valence-corrected chi connectivity index (χ1v) is 6.66. The van der Waals surface area contributed by atoms with Crippen molar-refractivity contribution in [2.75, 3.05) is 5.32 Å². The zero-order chi connectivity index (χ0) is 15.6. The van der Waals surface area contributed by atoms with E-state index in [9.17, 15) is 14.5 Å². The molecule has 2 aromatic carbocycles. The molecular weight excluding hydrogens is 271 g/mol. The molecule has 0 aliphatic rings. The minimum Gasteiger partial charge on any atom is -0.378 e. The monoisotopic (exact) mass is 288 g/mol. The maximum absolute atomic E-state index is 12.9. The van der Waals surface area contributed by atoms with Crippen molar-refractivity contribution in [3.05, 3.63) is 69.0 Å². The summed E-state index contributed by atoms with van der Waals surface area (Å²) in [6.07, 6.45) is 0. The molecule has 0 saturated carbocycles. The zero-order valence-corrected chi connectivity index (χ0v) is 12.2. The van der Waals surface area contributed by atoms with Gasteiger partial charge in [0.15, 0.2) is 0 Å². The van der Waals surface area contributed by atoms with Crippen LogP contribution in [0, 0.1) is 29.8 Å². The highest BCUT2D eigenvalue weighted by molar-refractivity contribution is 5.60. The van der Waals surface area contributed by atoms with Gasteiger partial charge in [-0.25, -0.2) is 4.39 Å². The molecule has 1 atom stereocenters. The van der Waals surface area contributed by atoms with Gasteiger partial charge in [0.1, 0.15) is 5.82 Å². The SMILES string of the molecule is Cc1cc(C)c([N+](=O)[O-])cc1NC(C)c1ccc(F)cc1. The Bertz CT molecular complexity index is 669. The number of benzene rings is 2. The number of aryl methyl sites for hydroxylation is 2. The zero-order valence-electron chi connectivity index (χ0n) is 12.2. The molecule has 2 rings (SSSR count). The quantitative estimate of drug-likeness (QED) is 0.664. The highest BCUT2D eigenvalue weighted by atomic mass is 19.1. The molecule has 21 heavy (non-hydrogen) atoms. The van der Waals surface area contributed by atoms with E-state index in [0.717, 1.165) is 11.1 Å². The molecule has 0 aliphatic heterocycles. The maximum atomic E-state index is 12.9. The van der Waals surface area contributed by atoms with E-state index in [1.807, 2.05) is 13.8 Å². The van der Waals surface area contributed by atoms with Crippen LogP contribution in [0.5, 0.6) is 0 Å². The third-order valence-corrected chi connectivity index (χ3v) is 3.48. The van der Waals surface area contributed by atoms with E-state index in [0.29, 0.717) is 11.3 Å². The van der Waals surface area contributed by atoms with Crippen LogP contribution in [-0.4, -0.2) is 4.92 Å². The van der Waals surface area contributed by atoms with E-state index in [2.05, 4.69) is 5.32 Å². The van der Waals surface area contributed by atoms with Crippen molar-refractivity contribution < 1.29 is 9.31 Å². The van der Waals surface area contributed by atoms with Crippen LogP contribution in [-0.2, 0) is 0 Å². The van der Waals surface area contributed by atoms with E-state index < -0.39 is 0 Å². The minimum atomic E-state index is -0.386. The van der Waals surface area contributed by atoms with Crippen molar-refractivity contribution in [2.45, 2.75) is 26.8 Å². The van der Waals surface area contributed by atoms with Gasteiger partial charge >= 0.3 is 0 Å². The van der Waals surface area contributed by atoms with Gasteiger partial charge in [0.2, 0.25) is 0 Å². The number of hydrogen-bond acceptors (Lipinski definition) is 3. The predicted octanol–water partition coefficient (Wildman–Crippen LogP) is 4.52. The molecule has 0 saturated heterocycles. The second kappa shape index (κ2) is 5.91. The lowest BCUT2D eigenvalue weighted by atomic mass is 10.1. The van der Waals surface area contributed by atoms with Crippen LogP contribution in [0.15, 0.2) is 36.4 Å². The second-order valence-electron chi connectivity index (χ2n) is 5.13. The first-order chi connectivity index (χ1) is 9.88. The number of nitrogens with one attached hydrogen (secondary N) is 1. The Morgan fingerprint density at radius 1 is 1.14 bits per heavy atom. The minimum absolute atomic E-state index is 0.0772. The molecule has 0 radical (unpaired) electrons. The van der Waals surface area contributed by atoms with Crippen molar-refractivity contribution in [1.29, 1.82) is 0 Å². The van der Waals surface area contributed by atoms with E-state index in [1.54, 1.807) is 31.2 Å². The fourth-order valence-corrected chi connectivity index (χ4v) is 2.26. The molecular formula is C16H17FN2O2. The van der Waals surface area contributed by atoms with Crippen molar-refractivity contribution in [1.82, 2.24) is 0 Å². The number of rotatable bonds is 4. The molecule has 1 N–H and O–H groups in total. The number of nitrogens with zero attached hydrogens (tertiary/aromatic N) is 1. The number of nitro benzene ring substituents is 1. The predicted molar refractivity (Wildman–Crippen MR) is 81.0 cm³/mol. The van der Waals surface area contributed by atoms with E-state index >= 15 is 0 Å². The fourth-order valence-electron chi connectivity index (χ4n) is 2.26. The molecule has 0 bridgehead atoms. The van der Waals surface area contributed by atoms with Gasteiger partial charge in [0, 0.05) is 23.4 Å². The van der Waals surface area contributed by atoms with Crippen molar-refractivity contribution >= 4 is 11.4 Å². The average Bonchev–Trinajstić information content (AvgIpc) is 2.42. The third-order valence-electron chi connectivity index (χ3n) is 3.48. The van der Waals surface area contributed by atoms with Gasteiger partial charge in [-0.2, -0.15) is 0 Å². The number of halogens is 1. The summed E-state index contributed by atoms with van der Waals surface area (Å²) in [6.45, 7) is 5.55. The van der Waals surface area contributed by atoms with Gasteiger partial charge < -0.3 is 5.32 Å². The highest BCUT2D eigenvalue weighted by Crippen LogP contribution is 2.29. The summed E-state index contributed by atoms with van der Waals surface area (Å²) in [6, 6.07) is 9.46. The molecule has 5 heteroatoms. The molecule has 0 amide bonds. The van der Waals surface area contributed by atoms with Crippen LogP contribution in [0.3, 0.4) is 0 Å². The Morgan fingerprint density at radius 3 is 2.33 bits per heavy atom. The van der Waals surface area contributed by atoms with Crippen LogP contribution >= 0.6 is 0 Å². The largest absolute Gasteiger partial charge is 0.378 e. The van der Waals surface area contributed by atoms with Crippen molar-refractivity contribution in [3.63, 3.8) is 0 Å². The second-order valence-corrected chi connectivity index (χ2v) is 5.13. The van der Waals surface area contributed by atoms with Gasteiger partial charge in [0.25, 0.3) is 5.69 Å². The van der Waals surface area contributed by atoms with E-state index in [4.69, 9.17) is 0 Å². The maximum Gasteiger partial charge on any atom is 0.274 e. The first-order valence-electron chi connectivity index (χ1n) is 6.66. The Morgan fingerprint density at radius 2 is 1.76 bits per heavy atom. The third kappa shape index (κ3) is 3.37. The molecule has 0 spiro atoms. The molecule has 110 valence electrons. The average molecular weight is 288 g/mol. The summed E-state index contributed by atoms with van der Waals surface area (Å²) in [5, 5.41) is 14.3. The van der Waals surface area contributed by atoms with E-state index in [1.165, 1.54) is 12.1 Å². The van der Waals surface area contributed by atoms with Gasteiger partial charge in [-0.05, 0) is 50.1 Å². The first kappa shape index (κ1) is 15.0. The molecule has 1 unspecified atom stereocenters.